The summed E-state index contributed by atoms with van der Waals surface area (Å²) < 4.78 is 0. The molecule has 0 saturated carbocycles. The van der Waals surface area contributed by atoms with Gasteiger partial charge >= 0.3 is 0 Å². The predicted octanol–water partition coefficient (Wildman–Crippen LogP) is 0.377. The van der Waals surface area contributed by atoms with Crippen LogP contribution in [-0.4, -0.2) is 35.7 Å². The van der Waals surface area contributed by atoms with Crippen LogP contribution in [0.1, 0.15) is 13.3 Å². The van der Waals surface area contributed by atoms with Gasteiger partial charge in [0.25, 0.3) is 0 Å². The molecule has 0 aromatic rings. The average Bonchev–Trinajstić information content (AvgIpc) is 2.09. The monoisotopic (exact) mass is 157 g/mol. The second kappa shape index (κ2) is 7.44. The average molecular weight is 157 g/mol. The van der Waals surface area contributed by atoms with Crippen LogP contribution in [-0.2, 0) is 0 Å². The number of rotatable bonds is 1. The lowest BCUT2D eigenvalue weighted by Crippen LogP contribution is -2.03. The zero-order chi connectivity index (χ0) is 8.53. The third-order valence-electron chi connectivity index (χ3n) is 1.02. The van der Waals surface area contributed by atoms with Crippen LogP contribution < -0.4 is 0 Å². The number of hydrogen-bond acceptors (Lipinski definition) is 3. The van der Waals surface area contributed by atoms with Crippen molar-refractivity contribution in [1.82, 2.24) is 0 Å². The highest BCUT2D eigenvalue weighted by atomic mass is 16.3. The first-order valence-electron chi connectivity index (χ1n) is 3.71. The van der Waals surface area contributed by atoms with E-state index in [9.17, 15) is 0 Å². The molecule has 0 aliphatic carbocycles. The summed E-state index contributed by atoms with van der Waals surface area (Å²) in [7, 11) is 0. The number of allylic oxidation sites excluding steroid dienone is 1. The zero-order valence-corrected chi connectivity index (χ0v) is 6.77. The summed E-state index contributed by atoms with van der Waals surface area (Å²) in [5.41, 5.74) is 0. The Morgan fingerprint density at radius 3 is 2.36 bits per heavy atom. The molecule has 3 heteroatoms. The molecule has 1 aliphatic heterocycles. The maximum atomic E-state index is 8.11. The largest absolute Gasteiger partial charge is 0.394 e. The van der Waals surface area contributed by atoms with Gasteiger partial charge in [-0.3, -0.25) is 4.99 Å². The van der Waals surface area contributed by atoms with Crippen molar-refractivity contribution in [2.24, 2.45) is 4.99 Å². The van der Waals surface area contributed by atoms with Gasteiger partial charge in [0.05, 0.1) is 12.7 Å². The molecule has 3 nitrogen and oxygen atoms in total. The Bertz CT molecular complexity index is 118. The lowest BCUT2D eigenvalue weighted by atomic mass is 10.3. The molecule has 0 aromatic heterocycles. The van der Waals surface area contributed by atoms with Gasteiger partial charge in [-0.1, -0.05) is 6.08 Å². The van der Waals surface area contributed by atoms with E-state index in [4.69, 9.17) is 10.2 Å². The van der Waals surface area contributed by atoms with Gasteiger partial charge in [0.1, 0.15) is 0 Å². The summed E-state index contributed by atoms with van der Waals surface area (Å²) in [6, 6.07) is 0. The van der Waals surface area contributed by atoms with Crippen molar-refractivity contribution in [3.8, 4) is 0 Å². The van der Waals surface area contributed by atoms with E-state index in [1.165, 1.54) is 6.92 Å². The summed E-state index contributed by atoms with van der Waals surface area (Å²) in [6.45, 7) is 2.37. The summed E-state index contributed by atoms with van der Waals surface area (Å²) in [5, 5.41) is 16.0. The first-order chi connectivity index (χ1) is 5.27. The number of aliphatic hydroxyl groups excluding tert-OH is 2. The molecule has 1 heterocycles. The SMILES string of the molecule is C1=CCCN=C1.CC(O)CO. The second-order valence-corrected chi connectivity index (χ2v) is 2.30. The van der Waals surface area contributed by atoms with Crippen molar-refractivity contribution < 1.29 is 10.2 Å². The van der Waals surface area contributed by atoms with Crippen LogP contribution in [0.4, 0.5) is 0 Å². The van der Waals surface area contributed by atoms with Crippen molar-refractivity contribution >= 4 is 6.21 Å². The molecule has 0 fully saturated rings. The molecule has 64 valence electrons. The van der Waals surface area contributed by atoms with Crippen molar-refractivity contribution in [2.45, 2.75) is 19.4 Å². The molecule has 1 atom stereocenters. The first kappa shape index (κ1) is 10.3. The van der Waals surface area contributed by atoms with Crippen molar-refractivity contribution in [2.75, 3.05) is 13.2 Å². The first-order valence-corrected chi connectivity index (χ1v) is 3.71. The summed E-state index contributed by atoms with van der Waals surface area (Å²) in [6.07, 6.45) is 6.49. The van der Waals surface area contributed by atoms with E-state index in [0.29, 0.717) is 0 Å². The minimum atomic E-state index is -0.560. The second-order valence-electron chi connectivity index (χ2n) is 2.30. The molecule has 0 bridgehead atoms. The standard InChI is InChI=1S/C5H7N.C3H8O2/c1-2-4-6-5-3-1;1-3(5)2-4/h1-2,4H,3,5H2;3-5H,2H2,1H3. The Labute approximate surface area is 67.1 Å². The lowest BCUT2D eigenvalue weighted by molar-refractivity contribution is 0.110. The van der Waals surface area contributed by atoms with Gasteiger partial charge in [0.15, 0.2) is 0 Å². The molecule has 0 saturated heterocycles. The van der Waals surface area contributed by atoms with Gasteiger partial charge in [-0.2, -0.15) is 0 Å². The number of aliphatic imine (C=N–C) groups is 1. The molecular weight excluding hydrogens is 142 g/mol. The summed E-state index contributed by atoms with van der Waals surface area (Å²) in [4.78, 5) is 3.97. The lowest BCUT2D eigenvalue weighted by Gasteiger charge is -1.90. The van der Waals surface area contributed by atoms with Gasteiger partial charge in [-0.15, -0.1) is 0 Å². The molecule has 1 aliphatic rings. The van der Waals surface area contributed by atoms with E-state index in [-0.39, 0.29) is 6.61 Å². The maximum absolute atomic E-state index is 8.11. The molecule has 1 unspecified atom stereocenters. The van der Waals surface area contributed by atoms with E-state index >= 15 is 0 Å². The molecule has 0 aromatic carbocycles. The fourth-order valence-electron chi connectivity index (χ4n) is 0.442. The quantitative estimate of drug-likeness (QED) is 0.578. The van der Waals surface area contributed by atoms with Crippen LogP contribution in [0.15, 0.2) is 17.1 Å². The smallest absolute Gasteiger partial charge is 0.0742 e. The topological polar surface area (TPSA) is 52.8 Å². The minimum absolute atomic E-state index is 0.139. The zero-order valence-electron chi connectivity index (χ0n) is 6.77. The third kappa shape index (κ3) is 9.33. The van der Waals surface area contributed by atoms with Crippen LogP contribution in [0.2, 0.25) is 0 Å². The Balaban J connectivity index is 0.000000187. The number of hydrogen-bond donors (Lipinski definition) is 2. The number of aliphatic hydroxyl groups is 2. The molecule has 11 heavy (non-hydrogen) atoms. The Morgan fingerprint density at radius 2 is 2.27 bits per heavy atom. The van der Waals surface area contributed by atoms with Crippen LogP contribution in [0.25, 0.3) is 0 Å². The van der Waals surface area contributed by atoms with Crippen LogP contribution in [0, 0.1) is 0 Å². The van der Waals surface area contributed by atoms with E-state index in [0.717, 1.165) is 13.0 Å². The van der Waals surface area contributed by atoms with Crippen molar-refractivity contribution in [1.29, 1.82) is 0 Å². The Morgan fingerprint density at radius 1 is 1.64 bits per heavy atom. The molecule has 0 amide bonds. The Hall–Kier alpha value is -0.670. The third-order valence-corrected chi connectivity index (χ3v) is 1.02. The number of dihydropyridines is 1. The van der Waals surface area contributed by atoms with Crippen molar-refractivity contribution in [3.05, 3.63) is 12.2 Å². The van der Waals surface area contributed by atoms with Crippen LogP contribution in [0.3, 0.4) is 0 Å². The summed E-state index contributed by atoms with van der Waals surface area (Å²) >= 11 is 0. The van der Waals surface area contributed by atoms with Gasteiger partial charge < -0.3 is 10.2 Å². The highest BCUT2D eigenvalue weighted by Crippen LogP contribution is 1.87. The minimum Gasteiger partial charge on any atom is -0.394 e. The molecule has 0 spiro atoms. The molecule has 1 rings (SSSR count). The molecular formula is C8H15NO2. The van der Waals surface area contributed by atoms with Crippen molar-refractivity contribution in [3.63, 3.8) is 0 Å². The van der Waals surface area contributed by atoms with Crippen LogP contribution >= 0.6 is 0 Å². The van der Waals surface area contributed by atoms with Gasteiger partial charge in [0.2, 0.25) is 0 Å². The predicted molar refractivity (Wildman–Crippen MR) is 45.9 cm³/mol. The van der Waals surface area contributed by atoms with E-state index in [1.807, 2.05) is 12.3 Å². The van der Waals surface area contributed by atoms with E-state index < -0.39 is 6.10 Å². The fraction of sp³-hybridized carbons (Fsp3) is 0.625. The van der Waals surface area contributed by atoms with Gasteiger partial charge in [0, 0.05) is 12.8 Å². The Kier molecular flexibility index (Phi) is 6.98. The van der Waals surface area contributed by atoms with E-state index in [1.54, 1.807) is 0 Å². The maximum Gasteiger partial charge on any atom is 0.0742 e. The highest BCUT2D eigenvalue weighted by Gasteiger charge is 1.83. The van der Waals surface area contributed by atoms with Gasteiger partial charge in [-0.25, -0.2) is 0 Å². The normalized spacial score (nSPS) is 17.0. The van der Waals surface area contributed by atoms with E-state index in [2.05, 4.69) is 11.1 Å². The summed E-state index contributed by atoms with van der Waals surface area (Å²) in [5.74, 6) is 0. The molecule has 2 N–H and O–H groups in total. The highest BCUT2D eigenvalue weighted by molar-refractivity contribution is 5.71. The molecule has 0 radical (unpaired) electrons. The van der Waals surface area contributed by atoms with Crippen LogP contribution in [0.5, 0.6) is 0 Å². The number of nitrogens with zero attached hydrogens (tertiary/aromatic N) is 1. The fourth-order valence-corrected chi connectivity index (χ4v) is 0.442. The van der Waals surface area contributed by atoms with Gasteiger partial charge in [-0.05, 0) is 19.4 Å².